The third-order valence-electron chi connectivity index (χ3n) is 3.51. The van der Waals surface area contributed by atoms with Crippen molar-refractivity contribution >= 4 is 0 Å². The lowest BCUT2D eigenvalue weighted by atomic mass is 10.1. The molecule has 0 bridgehead atoms. The Bertz CT molecular complexity index is 578. The van der Waals surface area contributed by atoms with Crippen LogP contribution >= 0.6 is 0 Å². The summed E-state index contributed by atoms with van der Waals surface area (Å²) in [5, 5.41) is 4.02. The van der Waals surface area contributed by atoms with Crippen molar-refractivity contribution in [1.82, 2.24) is 10.1 Å². The Balaban J connectivity index is 1.73. The molecule has 1 saturated carbocycles. The van der Waals surface area contributed by atoms with E-state index in [1.165, 1.54) is 12.8 Å². The Kier molecular flexibility index (Phi) is 3.69. The highest BCUT2D eigenvalue weighted by molar-refractivity contribution is 5.56. The number of hydrogen-bond acceptors (Lipinski definition) is 5. The zero-order chi connectivity index (χ0) is 13.9. The van der Waals surface area contributed by atoms with Gasteiger partial charge in [0.2, 0.25) is 11.7 Å². The van der Waals surface area contributed by atoms with Gasteiger partial charge in [-0.05, 0) is 37.8 Å². The minimum atomic E-state index is 0.137. The summed E-state index contributed by atoms with van der Waals surface area (Å²) in [7, 11) is 0. The summed E-state index contributed by atoms with van der Waals surface area (Å²) in [5.74, 6) is 2.64. The Morgan fingerprint density at radius 3 is 3.05 bits per heavy atom. The standard InChI is InChI=1S/C15H19N3O2/c1-2-19-12-5-3-4-11(8-12)15-17-14(20-18-15)9-13(16)10-6-7-10/h3-5,8,10,13H,2,6-7,9,16H2,1H3. The van der Waals surface area contributed by atoms with Gasteiger partial charge in [0.25, 0.3) is 0 Å². The van der Waals surface area contributed by atoms with Crippen molar-refractivity contribution < 1.29 is 9.26 Å². The van der Waals surface area contributed by atoms with Crippen LogP contribution in [0, 0.1) is 5.92 Å². The predicted octanol–water partition coefficient (Wildman–Crippen LogP) is 2.42. The summed E-state index contributed by atoms with van der Waals surface area (Å²) < 4.78 is 10.8. The second-order valence-electron chi connectivity index (χ2n) is 5.18. The molecule has 3 rings (SSSR count). The molecule has 1 aromatic carbocycles. The van der Waals surface area contributed by atoms with Crippen LogP contribution in [0.4, 0.5) is 0 Å². The molecule has 0 amide bonds. The third-order valence-corrected chi connectivity index (χ3v) is 3.51. The van der Waals surface area contributed by atoms with Gasteiger partial charge in [-0.3, -0.25) is 0 Å². The summed E-state index contributed by atoms with van der Waals surface area (Å²) in [6.45, 7) is 2.59. The lowest BCUT2D eigenvalue weighted by Crippen LogP contribution is -2.25. The SMILES string of the molecule is CCOc1cccc(-c2noc(CC(N)C3CC3)n2)c1. The number of hydrogen-bond donors (Lipinski definition) is 1. The number of benzene rings is 1. The van der Waals surface area contributed by atoms with Crippen LogP contribution < -0.4 is 10.5 Å². The van der Waals surface area contributed by atoms with Gasteiger partial charge in [0.15, 0.2) is 0 Å². The van der Waals surface area contributed by atoms with Gasteiger partial charge < -0.3 is 15.0 Å². The van der Waals surface area contributed by atoms with Crippen LogP contribution in [0.25, 0.3) is 11.4 Å². The first-order valence-corrected chi connectivity index (χ1v) is 7.07. The molecule has 2 aromatic rings. The van der Waals surface area contributed by atoms with Crippen molar-refractivity contribution in [2.45, 2.75) is 32.2 Å². The zero-order valence-corrected chi connectivity index (χ0v) is 11.6. The molecule has 1 atom stereocenters. The molecule has 1 unspecified atom stereocenters. The maximum absolute atomic E-state index is 6.07. The lowest BCUT2D eigenvalue weighted by Gasteiger charge is -2.05. The molecule has 0 saturated heterocycles. The molecule has 0 aliphatic heterocycles. The molecule has 1 fully saturated rings. The van der Waals surface area contributed by atoms with Crippen molar-refractivity contribution in [3.05, 3.63) is 30.2 Å². The van der Waals surface area contributed by atoms with Gasteiger partial charge in [-0.25, -0.2) is 0 Å². The van der Waals surface area contributed by atoms with Crippen LogP contribution in [0.5, 0.6) is 5.75 Å². The quantitative estimate of drug-likeness (QED) is 0.874. The summed E-state index contributed by atoms with van der Waals surface area (Å²) in [6.07, 6.45) is 3.10. The van der Waals surface area contributed by atoms with Crippen LogP contribution in [0.1, 0.15) is 25.7 Å². The van der Waals surface area contributed by atoms with Gasteiger partial charge in [0.05, 0.1) is 6.61 Å². The summed E-state index contributed by atoms with van der Waals surface area (Å²) in [5.41, 5.74) is 6.97. The fraction of sp³-hybridized carbons (Fsp3) is 0.467. The van der Waals surface area contributed by atoms with Crippen molar-refractivity contribution in [3.8, 4) is 17.1 Å². The second kappa shape index (κ2) is 5.63. The van der Waals surface area contributed by atoms with E-state index in [0.717, 1.165) is 11.3 Å². The van der Waals surface area contributed by atoms with Crippen molar-refractivity contribution in [3.63, 3.8) is 0 Å². The predicted molar refractivity (Wildman–Crippen MR) is 75.3 cm³/mol. The van der Waals surface area contributed by atoms with E-state index in [2.05, 4.69) is 10.1 Å². The average Bonchev–Trinajstić information content (AvgIpc) is 3.20. The maximum atomic E-state index is 6.07. The van der Waals surface area contributed by atoms with Gasteiger partial charge in [-0.1, -0.05) is 17.3 Å². The highest BCUT2D eigenvalue weighted by atomic mass is 16.5. The monoisotopic (exact) mass is 273 g/mol. The van der Waals surface area contributed by atoms with E-state index in [1.54, 1.807) is 0 Å². The average molecular weight is 273 g/mol. The van der Waals surface area contributed by atoms with E-state index in [1.807, 2.05) is 31.2 Å². The Labute approximate surface area is 118 Å². The number of nitrogens with two attached hydrogens (primary N) is 1. The highest BCUT2D eigenvalue weighted by Crippen LogP contribution is 2.33. The van der Waals surface area contributed by atoms with E-state index in [9.17, 15) is 0 Å². The number of aromatic nitrogens is 2. The maximum Gasteiger partial charge on any atom is 0.228 e. The normalized spacial score (nSPS) is 16.1. The van der Waals surface area contributed by atoms with Gasteiger partial charge in [-0.15, -0.1) is 0 Å². The molecular weight excluding hydrogens is 254 g/mol. The smallest absolute Gasteiger partial charge is 0.228 e. The fourth-order valence-electron chi connectivity index (χ4n) is 2.24. The molecule has 5 heteroatoms. The van der Waals surface area contributed by atoms with Crippen molar-refractivity contribution in [1.29, 1.82) is 0 Å². The molecule has 2 N–H and O–H groups in total. The zero-order valence-electron chi connectivity index (χ0n) is 11.6. The van der Waals surface area contributed by atoms with Gasteiger partial charge >= 0.3 is 0 Å². The molecule has 1 heterocycles. The Morgan fingerprint density at radius 1 is 1.45 bits per heavy atom. The van der Waals surface area contributed by atoms with E-state index in [4.69, 9.17) is 15.0 Å². The van der Waals surface area contributed by atoms with E-state index >= 15 is 0 Å². The lowest BCUT2D eigenvalue weighted by molar-refractivity contribution is 0.340. The summed E-state index contributed by atoms with van der Waals surface area (Å²) in [6, 6.07) is 7.83. The molecule has 0 spiro atoms. The second-order valence-corrected chi connectivity index (χ2v) is 5.18. The van der Waals surface area contributed by atoms with E-state index in [-0.39, 0.29) is 6.04 Å². The minimum absolute atomic E-state index is 0.137. The van der Waals surface area contributed by atoms with E-state index in [0.29, 0.717) is 30.7 Å². The third kappa shape index (κ3) is 2.99. The van der Waals surface area contributed by atoms with Crippen molar-refractivity contribution in [2.24, 2.45) is 11.7 Å². The number of ether oxygens (including phenoxy) is 1. The van der Waals surface area contributed by atoms with Crippen LogP contribution in [0.3, 0.4) is 0 Å². The van der Waals surface area contributed by atoms with Gasteiger partial charge in [0, 0.05) is 18.0 Å². The topological polar surface area (TPSA) is 74.2 Å². The first kappa shape index (κ1) is 13.1. The summed E-state index contributed by atoms with van der Waals surface area (Å²) >= 11 is 0. The molecular formula is C15H19N3O2. The molecule has 5 nitrogen and oxygen atoms in total. The Morgan fingerprint density at radius 2 is 2.30 bits per heavy atom. The Hall–Kier alpha value is -1.88. The molecule has 1 aromatic heterocycles. The van der Waals surface area contributed by atoms with Crippen LogP contribution in [0.15, 0.2) is 28.8 Å². The number of rotatable bonds is 6. The molecule has 1 aliphatic carbocycles. The van der Waals surface area contributed by atoms with Gasteiger partial charge in [0.1, 0.15) is 5.75 Å². The van der Waals surface area contributed by atoms with Crippen LogP contribution in [-0.4, -0.2) is 22.8 Å². The highest BCUT2D eigenvalue weighted by Gasteiger charge is 2.29. The molecule has 20 heavy (non-hydrogen) atoms. The van der Waals surface area contributed by atoms with Crippen LogP contribution in [0.2, 0.25) is 0 Å². The fourth-order valence-corrected chi connectivity index (χ4v) is 2.24. The molecule has 106 valence electrons. The van der Waals surface area contributed by atoms with E-state index < -0.39 is 0 Å². The van der Waals surface area contributed by atoms with Crippen molar-refractivity contribution in [2.75, 3.05) is 6.61 Å². The minimum Gasteiger partial charge on any atom is -0.494 e. The summed E-state index contributed by atoms with van der Waals surface area (Å²) in [4.78, 5) is 4.42. The molecule has 0 radical (unpaired) electrons. The first-order chi connectivity index (χ1) is 9.76. The van der Waals surface area contributed by atoms with Gasteiger partial charge in [-0.2, -0.15) is 4.98 Å². The number of nitrogens with zero attached hydrogens (tertiary/aromatic N) is 2. The van der Waals surface area contributed by atoms with Crippen LogP contribution in [-0.2, 0) is 6.42 Å². The largest absolute Gasteiger partial charge is 0.494 e. The first-order valence-electron chi connectivity index (χ1n) is 7.07. The molecule has 1 aliphatic rings.